The summed E-state index contributed by atoms with van der Waals surface area (Å²) in [5.41, 5.74) is 2.71. The van der Waals surface area contributed by atoms with Crippen LogP contribution in [0, 0.1) is 0 Å². The number of fused-ring (bicyclic) bond motifs is 2. The van der Waals surface area contributed by atoms with Crippen LogP contribution in [-0.4, -0.2) is 13.3 Å². The van der Waals surface area contributed by atoms with E-state index in [0.29, 0.717) is 0 Å². The number of benzene rings is 2. The van der Waals surface area contributed by atoms with Gasteiger partial charge in [0.1, 0.15) is 0 Å². The summed E-state index contributed by atoms with van der Waals surface area (Å²) < 4.78 is 0. The zero-order valence-corrected chi connectivity index (χ0v) is 10.4. The van der Waals surface area contributed by atoms with Gasteiger partial charge in [-0.25, -0.2) is 0 Å². The number of hydrogen-bond donors (Lipinski definition) is 1. The third-order valence-electron chi connectivity index (χ3n) is 3.21. The van der Waals surface area contributed by atoms with E-state index >= 15 is 0 Å². The molecule has 0 N–H and O–H groups in total. The van der Waals surface area contributed by atoms with Gasteiger partial charge in [-0.1, -0.05) is 24.3 Å². The van der Waals surface area contributed by atoms with Gasteiger partial charge in [-0.15, -0.1) is 0 Å². The molecule has 0 saturated heterocycles. The summed E-state index contributed by atoms with van der Waals surface area (Å²) in [5, 5.41) is 0. The molecule has 0 atom stereocenters. The first-order valence-electron chi connectivity index (χ1n) is 5.44. The second-order valence-corrected chi connectivity index (χ2v) is 6.18. The number of rotatable bonds is 0. The standard InChI is InChI=1S/C14H15NS/c1-15-11-7-3-5-9-13(11)16(2)14-10-6-4-8-12(14)15/h3-10,16H,1-2H3. The molecular weight excluding hydrogens is 214 g/mol. The molecule has 0 saturated carbocycles. The van der Waals surface area contributed by atoms with Gasteiger partial charge in [-0.3, -0.25) is 0 Å². The van der Waals surface area contributed by atoms with Gasteiger partial charge in [0.05, 0.1) is 11.4 Å². The molecular formula is C14H15NS. The molecule has 0 spiro atoms. The van der Waals surface area contributed by atoms with Crippen molar-refractivity contribution in [1.29, 1.82) is 0 Å². The molecule has 82 valence electrons. The zero-order chi connectivity index (χ0) is 11.1. The highest BCUT2D eigenvalue weighted by atomic mass is 32.2. The molecule has 2 heteroatoms. The van der Waals surface area contributed by atoms with Crippen molar-refractivity contribution in [2.45, 2.75) is 9.79 Å². The molecule has 2 aromatic carbocycles. The molecule has 1 heterocycles. The van der Waals surface area contributed by atoms with E-state index in [9.17, 15) is 0 Å². The molecule has 1 aliphatic rings. The fourth-order valence-corrected chi connectivity index (χ4v) is 4.34. The van der Waals surface area contributed by atoms with Crippen LogP contribution in [0.25, 0.3) is 0 Å². The minimum Gasteiger partial charge on any atom is -0.343 e. The predicted octanol–water partition coefficient (Wildman–Crippen LogP) is 3.82. The molecule has 0 amide bonds. The van der Waals surface area contributed by atoms with Crippen molar-refractivity contribution in [1.82, 2.24) is 0 Å². The van der Waals surface area contributed by atoms with Crippen molar-refractivity contribution < 1.29 is 0 Å². The minimum absolute atomic E-state index is 0.192. The van der Waals surface area contributed by atoms with Crippen LogP contribution < -0.4 is 4.90 Å². The van der Waals surface area contributed by atoms with Gasteiger partial charge in [0, 0.05) is 16.8 Å². The average Bonchev–Trinajstić information content (AvgIpc) is 2.36. The van der Waals surface area contributed by atoms with Gasteiger partial charge in [0.2, 0.25) is 0 Å². The molecule has 0 aliphatic carbocycles. The van der Waals surface area contributed by atoms with E-state index in [1.165, 1.54) is 21.2 Å². The average molecular weight is 229 g/mol. The summed E-state index contributed by atoms with van der Waals surface area (Å²) in [6, 6.07) is 17.5. The number of nitrogens with zero attached hydrogens (tertiary/aromatic N) is 1. The summed E-state index contributed by atoms with van der Waals surface area (Å²) in [6.45, 7) is 0. The monoisotopic (exact) mass is 229 g/mol. The van der Waals surface area contributed by atoms with E-state index < -0.39 is 0 Å². The highest BCUT2D eigenvalue weighted by Gasteiger charge is 2.22. The van der Waals surface area contributed by atoms with Gasteiger partial charge in [0.25, 0.3) is 0 Å². The Kier molecular flexibility index (Phi) is 2.18. The van der Waals surface area contributed by atoms with Crippen molar-refractivity contribution in [2.24, 2.45) is 0 Å². The Hall–Kier alpha value is -1.41. The smallest absolute Gasteiger partial charge is 0.0532 e. The first-order chi connectivity index (χ1) is 7.79. The molecule has 0 unspecified atom stereocenters. The Bertz CT molecular complexity index is 440. The van der Waals surface area contributed by atoms with Crippen LogP contribution in [0.15, 0.2) is 58.3 Å². The summed E-state index contributed by atoms with van der Waals surface area (Å²) in [6.07, 6.45) is 2.35. The van der Waals surface area contributed by atoms with Crippen LogP contribution in [-0.2, 0) is 0 Å². The normalized spacial score (nSPS) is 15.6. The molecule has 3 rings (SSSR count). The maximum Gasteiger partial charge on any atom is 0.0532 e. The van der Waals surface area contributed by atoms with Gasteiger partial charge in [-0.05, 0) is 30.5 Å². The van der Waals surface area contributed by atoms with Crippen LogP contribution in [0.2, 0.25) is 0 Å². The molecule has 16 heavy (non-hydrogen) atoms. The molecule has 0 bridgehead atoms. The van der Waals surface area contributed by atoms with E-state index in [-0.39, 0.29) is 10.9 Å². The lowest BCUT2D eigenvalue weighted by Crippen LogP contribution is -2.16. The summed E-state index contributed by atoms with van der Waals surface area (Å²) >= 11 is 0. The van der Waals surface area contributed by atoms with Gasteiger partial charge >= 0.3 is 0 Å². The highest BCUT2D eigenvalue weighted by Crippen LogP contribution is 2.54. The lowest BCUT2D eigenvalue weighted by Gasteiger charge is -2.35. The Morgan fingerprint density at radius 3 is 1.75 bits per heavy atom. The Labute approximate surface area is 99.1 Å². The highest BCUT2D eigenvalue weighted by molar-refractivity contribution is 8.16. The zero-order valence-electron chi connectivity index (χ0n) is 9.51. The maximum atomic E-state index is 2.35. The van der Waals surface area contributed by atoms with Crippen molar-refractivity contribution in [3.63, 3.8) is 0 Å². The van der Waals surface area contributed by atoms with Crippen molar-refractivity contribution in [3.8, 4) is 0 Å². The summed E-state index contributed by atoms with van der Waals surface area (Å²) in [5.74, 6) is 0. The van der Waals surface area contributed by atoms with E-state index in [1.807, 2.05) is 0 Å². The SMILES string of the molecule is CN1c2ccccc2[SH](C)c2ccccc21. The molecule has 0 fully saturated rings. The van der Waals surface area contributed by atoms with Crippen LogP contribution in [0.3, 0.4) is 0 Å². The third-order valence-corrected chi connectivity index (χ3v) is 5.41. The lowest BCUT2D eigenvalue weighted by molar-refractivity contribution is 1.11. The second kappa shape index (κ2) is 3.56. The topological polar surface area (TPSA) is 3.24 Å². The van der Waals surface area contributed by atoms with E-state index in [4.69, 9.17) is 0 Å². The first kappa shape index (κ1) is 9.79. The first-order valence-corrected chi connectivity index (χ1v) is 7.23. The number of anilines is 2. The van der Waals surface area contributed by atoms with Gasteiger partial charge in [-0.2, -0.15) is 10.9 Å². The molecule has 0 aromatic heterocycles. The summed E-state index contributed by atoms with van der Waals surface area (Å²) in [4.78, 5) is 5.27. The van der Waals surface area contributed by atoms with E-state index in [2.05, 4.69) is 66.7 Å². The third kappa shape index (κ3) is 1.26. The van der Waals surface area contributed by atoms with Crippen LogP contribution in [0.4, 0.5) is 11.4 Å². The molecule has 1 aliphatic heterocycles. The van der Waals surface area contributed by atoms with Crippen LogP contribution in [0.5, 0.6) is 0 Å². The van der Waals surface area contributed by atoms with Gasteiger partial charge < -0.3 is 4.90 Å². The van der Waals surface area contributed by atoms with Crippen molar-refractivity contribution >= 4 is 22.3 Å². The Morgan fingerprint density at radius 1 is 0.812 bits per heavy atom. The molecule has 2 aromatic rings. The van der Waals surface area contributed by atoms with E-state index in [1.54, 1.807) is 0 Å². The minimum atomic E-state index is -0.192. The quantitative estimate of drug-likeness (QED) is 0.672. The number of hydrogen-bond acceptors (Lipinski definition) is 1. The molecule has 1 nitrogen and oxygen atoms in total. The Morgan fingerprint density at radius 2 is 1.25 bits per heavy atom. The lowest BCUT2D eigenvalue weighted by atomic mass is 10.2. The largest absolute Gasteiger partial charge is 0.343 e. The van der Waals surface area contributed by atoms with Crippen LogP contribution >= 0.6 is 10.9 Å². The van der Waals surface area contributed by atoms with E-state index in [0.717, 1.165) is 0 Å². The second-order valence-electron chi connectivity index (χ2n) is 4.10. The molecule has 0 radical (unpaired) electrons. The Balaban J connectivity index is 2.26. The van der Waals surface area contributed by atoms with Gasteiger partial charge in [0.15, 0.2) is 0 Å². The fourth-order valence-electron chi connectivity index (χ4n) is 2.32. The predicted molar refractivity (Wildman–Crippen MR) is 72.4 cm³/mol. The van der Waals surface area contributed by atoms with Crippen molar-refractivity contribution in [2.75, 3.05) is 18.2 Å². The number of thiol groups is 1. The maximum absolute atomic E-state index is 2.35. The van der Waals surface area contributed by atoms with Crippen LogP contribution in [0.1, 0.15) is 0 Å². The number of para-hydroxylation sites is 2. The van der Waals surface area contributed by atoms with Crippen molar-refractivity contribution in [3.05, 3.63) is 48.5 Å². The fraction of sp³-hybridized carbons (Fsp3) is 0.143. The summed E-state index contributed by atoms with van der Waals surface area (Å²) in [7, 11) is 1.96.